The van der Waals surface area contributed by atoms with E-state index in [0.717, 1.165) is 12.8 Å². The Labute approximate surface area is 74.5 Å². The highest BCUT2D eigenvalue weighted by atomic mass is 16.5. The lowest BCUT2D eigenvalue weighted by molar-refractivity contribution is -0.133. The van der Waals surface area contributed by atoms with Crippen molar-refractivity contribution < 1.29 is 9.53 Å². The SMILES string of the molecule is CCCC(C)(COC)C(=O)NC. The summed E-state index contributed by atoms with van der Waals surface area (Å²) in [6, 6.07) is 0. The highest BCUT2D eigenvalue weighted by Gasteiger charge is 2.31. The molecule has 0 aliphatic heterocycles. The van der Waals surface area contributed by atoms with Crippen LogP contribution < -0.4 is 5.32 Å². The number of nitrogens with one attached hydrogen (secondary N) is 1. The molecular weight excluding hydrogens is 154 g/mol. The first-order valence-electron chi connectivity index (χ1n) is 4.32. The number of carbonyl (C=O) groups is 1. The number of hydrogen-bond acceptors (Lipinski definition) is 2. The highest BCUT2D eigenvalue weighted by Crippen LogP contribution is 2.23. The molecule has 0 saturated heterocycles. The molecule has 0 heterocycles. The Hall–Kier alpha value is -0.570. The zero-order valence-electron chi connectivity index (χ0n) is 8.44. The van der Waals surface area contributed by atoms with Crippen LogP contribution in [0, 0.1) is 5.41 Å². The molecule has 0 bridgehead atoms. The predicted molar refractivity (Wildman–Crippen MR) is 49.0 cm³/mol. The molecule has 0 radical (unpaired) electrons. The molecule has 1 unspecified atom stereocenters. The van der Waals surface area contributed by atoms with Crippen LogP contribution in [0.3, 0.4) is 0 Å². The van der Waals surface area contributed by atoms with Gasteiger partial charge in [-0.3, -0.25) is 4.79 Å². The summed E-state index contributed by atoms with van der Waals surface area (Å²) in [5.41, 5.74) is -0.363. The van der Waals surface area contributed by atoms with Gasteiger partial charge in [-0.05, 0) is 13.3 Å². The Morgan fingerprint density at radius 2 is 2.17 bits per heavy atom. The number of ether oxygens (including phenoxy) is 1. The minimum absolute atomic E-state index is 0.0613. The van der Waals surface area contributed by atoms with Gasteiger partial charge in [0.1, 0.15) is 0 Å². The van der Waals surface area contributed by atoms with E-state index in [1.807, 2.05) is 6.92 Å². The second-order valence-corrected chi connectivity index (χ2v) is 3.32. The fourth-order valence-electron chi connectivity index (χ4n) is 1.42. The molecule has 0 aromatic carbocycles. The monoisotopic (exact) mass is 173 g/mol. The topological polar surface area (TPSA) is 38.3 Å². The van der Waals surface area contributed by atoms with Gasteiger partial charge in [0.05, 0.1) is 12.0 Å². The molecule has 0 spiro atoms. The van der Waals surface area contributed by atoms with Crippen molar-refractivity contribution in [2.24, 2.45) is 5.41 Å². The third kappa shape index (κ3) is 2.81. The second kappa shape index (κ2) is 5.14. The normalized spacial score (nSPS) is 15.3. The average Bonchev–Trinajstić information content (AvgIpc) is 2.04. The van der Waals surface area contributed by atoms with Crippen LogP contribution in [0.25, 0.3) is 0 Å². The molecule has 1 amide bonds. The summed E-state index contributed by atoms with van der Waals surface area (Å²) < 4.78 is 5.02. The van der Waals surface area contributed by atoms with Crippen LogP contribution in [-0.2, 0) is 9.53 Å². The summed E-state index contributed by atoms with van der Waals surface area (Å²) in [6.45, 7) is 4.48. The Bertz CT molecular complexity index is 139. The van der Waals surface area contributed by atoms with Crippen LogP contribution in [-0.4, -0.2) is 26.7 Å². The summed E-state index contributed by atoms with van der Waals surface area (Å²) in [5.74, 6) is 0.0613. The summed E-state index contributed by atoms with van der Waals surface area (Å²) in [6.07, 6.45) is 1.85. The van der Waals surface area contributed by atoms with E-state index < -0.39 is 0 Å². The molecule has 12 heavy (non-hydrogen) atoms. The third-order valence-corrected chi connectivity index (χ3v) is 2.04. The fourth-order valence-corrected chi connectivity index (χ4v) is 1.42. The van der Waals surface area contributed by atoms with Crippen molar-refractivity contribution in [1.82, 2.24) is 5.32 Å². The van der Waals surface area contributed by atoms with Gasteiger partial charge in [-0.1, -0.05) is 13.3 Å². The summed E-state index contributed by atoms with van der Waals surface area (Å²) in [7, 11) is 3.28. The van der Waals surface area contributed by atoms with Crippen LogP contribution >= 0.6 is 0 Å². The Kier molecular flexibility index (Phi) is 4.90. The van der Waals surface area contributed by atoms with Crippen molar-refractivity contribution in [3.8, 4) is 0 Å². The number of methoxy groups -OCH3 is 1. The van der Waals surface area contributed by atoms with Crippen LogP contribution in [0.2, 0.25) is 0 Å². The molecule has 1 atom stereocenters. The van der Waals surface area contributed by atoms with E-state index in [2.05, 4.69) is 12.2 Å². The number of amides is 1. The first-order valence-corrected chi connectivity index (χ1v) is 4.32. The van der Waals surface area contributed by atoms with Gasteiger partial charge in [-0.2, -0.15) is 0 Å². The maximum Gasteiger partial charge on any atom is 0.228 e. The van der Waals surface area contributed by atoms with Crippen molar-refractivity contribution in [3.05, 3.63) is 0 Å². The average molecular weight is 173 g/mol. The van der Waals surface area contributed by atoms with E-state index in [4.69, 9.17) is 4.74 Å². The molecule has 72 valence electrons. The molecule has 0 aliphatic rings. The van der Waals surface area contributed by atoms with Gasteiger partial charge < -0.3 is 10.1 Å². The van der Waals surface area contributed by atoms with E-state index in [0.29, 0.717) is 6.61 Å². The minimum atomic E-state index is -0.363. The summed E-state index contributed by atoms with van der Waals surface area (Å²) in [4.78, 5) is 11.4. The van der Waals surface area contributed by atoms with Crippen LogP contribution in [0.1, 0.15) is 26.7 Å². The summed E-state index contributed by atoms with van der Waals surface area (Å²) >= 11 is 0. The third-order valence-electron chi connectivity index (χ3n) is 2.04. The Morgan fingerprint density at radius 1 is 1.58 bits per heavy atom. The van der Waals surface area contributed by atoms with E-state index >= 15 is 0 Å². The van der Waals surface area contributed by atoms with E-state index in [-0.39, 0.29) is 11.3 Å². The quantitative estimate of drug-likeness (QED) is 0.678. The smallest absolute Gasteiger partial charge is 0.228 e. The minimum Gasteiger partial charge on any atom is -0.384 e. The fraction of sp³-hybridized carbons (Fsp3) is 0.889. The van der Waals surface area contributed by atoms with Gasteiger partial charge in [0.25, 0.3) is 0 Å². The zero-order chi connectivity index (χ0) is 9.61. The van der Waals surface area contributed by atoms with Gasteiger partial charge in [-0.15, -0.1) is 0 Å². The largest absolute Gasteiger partial charge is 0.384 e. The Balaban J connectivity index is 4.26. The lowest BCUT2D eigenvalue weighted by Crippen LogP contribution is -2.40. The molecule has 3 heteroatoms. The zero-order valence-corrected chi connectivity index (χ0v) is 8.44. The summed E-state index contributed by atoms with van der Waals surface area (Å²) in [5, 5.41) is 2.66. The molecule has 0 rings (SSSR count). The maximum atomic E-state index is 11.4. The lowest BCUT2D eigenvalue weighted by atomic mass is 9.85. The van der Waals surface area contributed by atoms with Crippen LogP contribution in [0.4, 0.5) is 0 Å². The van der Waals surface area contributed by atoms with Crippen molar-refractivity contribution in [2.75, 3.05) is 20.8 Å². The van der Waals surface area contributed by atoms with E-state index in [1.165, 1.54) is 0 Å². The first kappa shape index (κ1) is 11.4. The maximum absolute atomic E-state index is 11.4. The van der Waals surface area contributed by atoms with E-state index in [9.17, 15) is 4.79 Å². The number of hydrogen-bond donors (Lipinski definition) is 1. The van der Waals surface area contributed by atoms with Gasteiger partial charge in [0, 0.05) is 14.2 Å². The van der Waals surface area contributed by atoms with Crippen LogP contribution in [0.15, 0.2) is 0 Å². The second-order valence-electron chi connectivity index (χ2n) is 3.32. The predicted octanol–water partition coefficient (Wildman–Crippen LogP) is 1.19. The van der Waals surface area contributed by atoms with Crippen molar-refractivity contribution in [1.29, 1.82) is 0 Å². The molecule has 0 aliphatic carbocycles. The molecule has 0 saturated carbocycles. The first-order chi connectivity index (χ1) is 5.60. The van der Waals surface area contributed by atoms with Crippen molar-refractivity contribution in [2.45, 2.75) is 26.7 Å². The van der Waals surface area contributed by atoms with Gasteiger partial charge >= 0.3 is 0 Å². The highest BCUT2D eigenvalue weighted by molar-refractivity contribution is 5.82. The molecule has 0 fully saturated rings. The molecular formula is C9H19NO2. The van der Waals surface area contributed by atoms with E-state index in [1.54, 1.807) is 14.2 Å². The number of rotatable bonds is 5. The van der Waals surface area contributed by atoms with Gasteiger partial charge in [-0.25, -0.2) is 0 Å². The van der Waals surface area contributed by atoms with Gasteiger partial charge in [0.15, 0.2) is 0 Å². The molecule has 0 aromatic heterocycles. The van der Waals surface area contributed by atoms with Crippen LogP contribution in [0.5, 0.6) is 0 Å². The molecule has 3 nitrogen and oxygen atoms in total. The molecule has 0 aromatic rings. The Morgan fingerprint density at radius 3 is 2.50 bits per heavy atom. The van der Waals surface area contributed by atoms with Gasteiger partial charge in [0.2, 0.25) is 5.91 Å². The molecule has 1 N–H and O–H groups in total. The van der Waals surface area contributed by atoms with Crippen molar-refractivity contribution >= 4 is 5.91 Å². The lowest BCUT2D eigenvalue weighted by Gasteiger charge is -2.25. The number of carbonyl (C=O) groups excluding carboxylic acids is 1. The standard InChI is InChI=1S/C9H19NO2/c1-5-6-9(2,7-12-4)8(11)10-3/h5-7H2,1-4H3,(H,10,11). The van der Waals surface area contributed by atoms with Crippen molar-refractivity contribution in [3.63, 3.8) is 0 Å².